The van der Waals surface area contributed by atoms with Gasteiger partial charge in [0.2, 0.25) is 0 Å². The van der Waals surface area contributed by atoms with E-state index >= 15 is 0 Å². The van der Waals surface area contributed by atoms with Crippen molar-refractivity contribution in [3.63, 3.8) is 0 Å². The highest BCUT2D eigenvalue weighted by Gasteiger charge is 2.25. The number of hydrogen-bond donors (Lipinski definition) is 0. The highest BCUT2D eigenvalue weighted by Crippen LogP contribution is 2.21. The van der Waals surface area contributed by atoms with Crippen LogP contribution in [0.4, 0.5) is 5.82 Å². The summed E-state index contributed by atoms with van der Waals surface area (Å²) in [6.07, 6.45) is 0. The summed E-state index contributed by atoms with van der Waals surface area (Å²) in [6.45, 7) is 6.55. The number of anilines is 1. The van der Waals surface area contributed by atoms with Crippen LogP contribution in [0.25, 0.3) is 16.8 Å². The summed E-state index contributed by atoms with van der Waals surface area (Å²) in [5, 5.41) is 14.1. The topological polar surface area (TPSA) is 80.3 Å². The minimum atomic E-state index is -0.0724. The normalized spacial score (nSPS) is 14.5. The second-order valence-electron chi connectivity index (χ2n) is 7.52. The van der Waals surface area contributed by atoms with Gasteiger partial charge in [-0.25, -0.2) is 4.68 Å². The Morgan fingerprint density at radius 3 is 2.33 bits per heavy atom. The Labute approximate surface area is 173 Å². The van der Waals surface area contributed by atoms with E-state index in [4.69, 9.17) is 4.42 Å². The molecule has 0 N–H and O–H groups in total. The summed E-state index contributed by atoms with van der Waals surface area (Å²) in [6, 6.07) is 15.4. The lowest BCUT2D eigenvalue weighted by molar-refractivity contribution is 0.0717. The van der Waals surface area contributed by atoms with Crippen LogP contribution in [0.3, 0.4) is 0 Å². The van der Waals surface area contributed by atoms with Crippen LogP contribution in [-0.2, 0) is 0 Å². The molecule has 1 aliphatic heterocycles. The van der Waals surface area contributed by atoms with Gasteiger partial charge >= 0.3 is 0 Å². The summed E-state index contributed by atoms with van der Waals surface area (Å²) >= 11 is 0. The lowest BCUT2D eigenvalue weighted by Gasteiger charge is -2.34. The van der Waals surface area contributed by atoms with Gasteiger partial charge in [0.25, 0.3) is 5.91 Å². The Kier molecular flexibility index (Phi) is 4.46. The van der Waals surface area contributed by atoms with Crippen LogP contribution < -0.4 is 4.90 Å². The molecule has 0 unspecified atom stereocenters. The standard InChI is InChI=1S/C22H22N6O2/c1-15-13-16(2)28(25-15)21-8-7-20(23-24-21)26-9-11-27(12-10-26)22(29)19-14-17-5-3-4-6-18(17)30-19/h3-8,13-14H,9-12H2,1-2H3. The van der Waals surface area contributed by atoms with Crippen molar-refractivity contribution in [1.82, 2.24) is 24.9 Å². The average Bonchev–Trinajstić information content (AvgIpc) is 3.36. The Morgan fingerprint density at radius 2 is 1.67 bits per heavy atom. The minimum Gasteiger partial charge on any atom is -0.451 e. The SMILES string of the molecule is Cc1cc(C)n(-c2ccc(N3CCN(C(=O)c4cc5ccccc5o4)CC3)nn2)n1. The maximum Gasteiger partial charge on any atom is 0.289 e. The van der Waals surface area contributed by atoms with E-state index in [0.29, 0.717) is 37.8 Å². The molecule has 4 heterocycles. The number of benzene rings is 1. The number of amides is 1. The highest BCUT2D eigenvalue weighted by molar-refractivity contribution is 5.96. The zero-order valence-corrected chi connectivity index (χ0v) is 16.9. The zero-order valence-electron chi connectivity index (χ0n) is 16.9. The van der Waals surface area contributed by atoms with Crippen molar-refractivity contribution < 1.29 is 9.21 Å². The first-order chi connectivity index (χ1) is 14.6. The molecule has 4 aromatic rings. The van der Waals surface area contributed by atoms with Crippen LogP contribution in [-0.4, -0.2) is 57.0 Å². The van der Waals surface area contributed by atoms with Gasteiger partial charge in [0, 0.05) is 37.3 Å². The fourth-order valence-electron chi connectivity index (χ4n) is 3.84. The van der Waals surface area contributed by atoms with E-state index < -0.39 is 0 Å². The lowest BCUT2D eigenvalue weighted by Crippen LogP contribution is -2.49. The van der Waals surface area contributed by atoms with Crippen molar-refractivity contribution in [1.29, 1.82) is 0 Å². The summed E-state index contributed by atoms with van der Waals surface area (Å²) in [7, 11) is 0. The van der Waals surface area contributed by atoms with Gasteiger partial charge < -0.3 is 14.2 Å². The van der Waals surface area contributed by atoms with Crippen molar-refractivity contribution in [2.75, 3.05) is 31.1 Å². The zero-order chi connectivity index (χ0) is 20.7. The molecule has 0 spiro atoms. The molecule has 0 aliphatic carbocycles. The number of carbonyl (C=O) groups excluding carboxylic acids is 1. The number of furan rings is 1. The first-order valence-electron chi connectivity index (χ1n) is 9.99. The number of piperazine rings is 1. The van der Waals surface area contributed by atoms with Gasteiger partial charge in [0.15, 0.2) is 17.4 Å². The number of aromatic nitrogens is 4. The molecule has 8 nitrogen and oxygen atoms in total. The van der Waals surface area contributed by atoms with E-state index in [9.17, 15) is 4.79 Å². The monoisotopic (exact) mass is 402 g/mol. The third-order valence-corrected chi connectivity index (χ3v) is 5.39. The molecule has 3 aromatic heterocycles. The number of nitrogens with zero attached hydrogens (tertiary/aromatic N) is 6. The van der Waals surface area contributed by atoms with Gasteiger partial charge in [-0.05, 0) is 44.2 Å². The lowest BCUT2D eigenvalue weighted by atomic mass is 10.2. The molecule has 1 aliphatic rings. The van der Waals surface area contributed by atoms with Gasteiger partial charge in [-0.3, -0.25) is 4.79 Å². The number of hydrogen-bond acceptors (Lipinski definition) is 6. The van der Waals surface area contributed by atoms with Crippen molar-refractivity contribution in [3.05, 3.63) is 65.7 Å². The van der Waals surface area contributed by atoms with Crippen molar-refractivity contribution >= 4 is 22.7 Å². The molecular formula is C22H22N6O2. The quantitative estimate of drug-likeness (QED) is 0.524. The first kappa shape index (κ1) is 18.4. The second kappa shape index (κ2) is 7.29. The summed E-state index contributed by atoms with van der Waals surface area (Å²) in [4.78, 5) is 16.8. The van der Waals surface area contributed by atoms with Crippen molar-refractivity contribution in [3.8, 4) is 5.82 Å². The van der Waals surface area contributed by atoms with Crippen LogP contribution >= 0.6 is 0 Å². The van der Waals surface area contributed by atoms with Crippen LogP contribution in [0, 0.1) is 13.8 Å². The van der Waals surface area contributed by atoms with Gasteiger partial charge in [-0.1, -0.05) is 18.2 Å². The van der Waals surface area contributed by atoms with E-state index in [-0.39, 0.29) is 5.91 Å². The number of para-hydroxylation sites is 1. The van der Waals surface area contributed by atoms with E-state index in [1.54, 1.807) is 4.68 Å². The summed E-state index contributed by atoms with van der Waals surface area (Å²) in [5.74, 6) is 1.81. The Morgan fingerprint density at radius 1 is 0.933 bits per heavy atom. The van der Waals surface area contributed by atoms with E-state index in [2.05, 4.69) is 20.2 Å². The molecule has 1 saturated heterocycles. The molecular weight excluding hydrogens is 380 g/mol. The third kappa shape index (κ3) is 3.30. The van der Waals surface area contributed by atoms with Gasteiger partial charge in [0.1, 0.15) is 5.58 Å². The molecule has 30 heavy (non-hydrogen) atoms. The third-order valence-electron chi connectivity index (χ3n) is 5.39. The second-order valence-corrected chi connectivity index (χ2v) is 7.52. The average molecular weight is 402 g/mol. The number of fused-ring (bicyclic) bond motifs is 1. The molecule has 1 amide bonds. The van der Waals surface area contributed by atoms with Crippen molar-refractivity contribution in [2.24, 2.45) is 0 Å². The van der Waals surface area contributed by atoms with Crippen LogP contribution in [0.15, 0.2) is 52.9 Å². The van der Waals surface area contributed by atoms with Crippen LogP contribution in [0.1, 0.15) is 21.9 Å². The molecule has 152 valence electrons. The molecule has 0 atom stereocenters. The smallest absolute Gasteiger partial charge is 0.289 e. The van der Waals surface area contributed by atoms with Crippen molar-refractivity contribution in [2.45, 2.75) is 13.8 Å². The summed E-state index contributed by atoms with van der Waals surface area (Å²) in [5.41, 5.74) is 2.70. The summed E-state index contributed by atoms with van der Waals surface area (Å²) < 4.78 is 7.51. The Bertz CT molecular complexity index is 1170. The number of carbonyl (C=O) groups is 1. The number of aryl methyl sites for hydroxylation is 2. The van der Waals surface area contributed by atoms with E-state index in [1.165, 1.54) is 0 Å². The molecule has 1 aromatic carbocycles. The highest BCUT2D eigenvalue weighted by atomic mass is 16.3. The molecule has 8 heteroatoms. The predicted octanol–water partition coefficient (Wildman–Crippen LogP) is 2.99. The Balaban J connectivity index is 1.25. The molecule has 1 fully saturated rings. The number of rotatable bonds is 3. The molecule has 5 rings (SSSR count). The molecule has 0 saturated carbocycles. The first-order valence-corrected chi connectivity index (χ1v) is 9.99. The van der Waals surface area contributed by atoms with Gasteiger partial charge in [-0.15, -0.1) is 10.2 Å². The maximum atomic E-state index is 12.8. The molecule has 0 bridgehead atoms. The fourth-order valence-corrected chi connectivity index (χ4v) is 3.84. The van der Waals surface area contributed by atoms with E-state index in [0.717, 1.165) is 28.2 Å². The Hall–Kier alpha value is -3.68. The largest absolute Gasteiger partial charge is 0.451 e. The van der Waals surface area contributed by atoms with Gasteiger partial charge in [-0.2, -0.15) is 5.10 Å². The maximum absolute atomic E-state index is 12.8. The minimum absolute atomic E-state index is 0.0724. The fraction of sp³-hybridized carbons (Fsp3) is 0.273. The van der Waals surface area contributed by atoms with Crippen LogP contribution in [0.5, 0.6) is 0 Å². The van der Waals surface area contributed by atoms with Crippen LogP contribution in [0.2, 0.25) is 0 Å². The van der Waals surface area contributed by atoms with E-state index in [1.807, 2.05) is 67.3 Å². The van der Waals surface area contributed by atoms with Gasteiger partial charge in [0.05, 0.1) is 5.69 Å². The predicted molar refractivity (Wildman–Crippen MR) is 113 cm³/mol. The molecule has 0 radical (unpaired) electrons.